The van der Waals surface area contributed by atoms with Gasteiger partial charge in [0.1, 0.15) is 5.92 Å². The molecule has 26 heavy (non-hydrogen) atoms. The lowest BCUT2D eigenvalue weighted by atomic mass is 10.1. The topological polar surface area (TPSA) is 72.1 Å². The molecule has 6 heteroatoms. The molecule has 3 aromatic rings. The highest BCUT2D eigenvalue weighted by molar-refractivity contribution is 5.96. The first kappa shape index (κ1) is 16.4. The van der Waals surface area contributed by atoms with E-state index in [1.54, 1.807) is 25.1 Å². The van der Waals surface area contributed by atoms with Crippen molar-refractivity contribution in [1.82, 2.24) is 15.1 Å². The molecule has 0 unspecified atom stereocenters. The van der Waals surface area contributed by atoms with Crippen LogP contribution in [-0.2, 0) is 4.79 Å². The third-order valence-electron chi connectivity index (χ3n) is 4.69. The quantitative estimate of drug-likeness (QED) is 0.702. The van der Waals surface area contributed by atoms with Crippen LogP contribution < -0.4 is 4.90 Å². The first-order valence-corrected chi connectivity index (χ1v) is 8.76. The molecule has 1 amide bonds. The van der Waals surface area contributed by atoms with Gasteiger partial charge in [0.2, 0.25) is 17.6 Å². The van der Waals surface area contributed by atoms with Crippen LogP contribution >= 0.6 is 0 Å². The summed E-state index contributed by atoms with van der Waals surface area (Å²) in [5.74, 6) is 0.746. The number of likely N-dealkylation sites (N-methyl/N-ethyl adjacent to an activating group) is 1. The minimum atomic E-state index is -0.522. The van der Waals surface area contributed by atoms with Crippen molar-refractivity contribution >= 4 is 11.6 Å². The zero-order chi connectivity index (χ0) is 18.1. The molecule has 1 aliphatic carbocycles. The fourth-order valence-corrected chi connectivity index (χ4v) is 2.89. The van der Waals surface area contributed by atoms with E-state index in [0.29, 0.717) is 17.6 Å². The van der Waals surface area contributed by atoms with Crippen LogP contribution in [0.2, 0.25) is 0 Å². The molecule has 0 N–H and O–H groups in total. The molecule has 1 atom stereocenters. The van der Waals surface area contributed by atoms with Gasteiger partial charge in [-0.3, -0.25) is 9.78 Å². The number of carbonyl (C=O) groups excluding carboxylic acids is 1. The Morgan fingerprint density at radius 1 is 1.23 bits per heavy atom. The van der Waals surface area contributed by atoms with Crippen molar-refractivity contribution in [3.8, 4) is 11.4 Å². The van der Waals surface area contributed by atoms with Gasteiger partial charge in [0.05, 0.1) is 0 Å². The SMILES string of the molecule is C[C@H](C(=O)N(C)c1ccccc1)c1nc(-c2ccnc(C3CC3)c2)no1. The average Bonchev–Trinajstić information content (AvgIpc) is 3.43. The predicted molar refractivity (Wildman–Crippen MR) is 97.8 cm³/mol. The summed E-state index contributed by atoms with van der Waals surface area (Å²) in [4.78, 5) is 23.2. The van der Waals surface area contributed by atoms with Crippen molar-refractivity contribution in [2.75, 3.05) is 11.9 Å². The van der Waals surface area contributed by atoms with Crippen molar-refractivity contribution in [3.05, 3.63) is 60.2 Å². The molecule has 0 aliphatic heterocycles. The van der Waals surface area contributed by atoms with Crippen LogP contribution in [0.1, 0.15) is 43.2 Å². The van der Waals surface area contributed by atoms with Crippen molar-refractivity contribution in [3.63, 3.8) is 0 Å². The summed E-state index contributed by atoms with van der Waals surface area (Å²) in [6.07, 6.45) is 4.15. The second kappa shape index (κ2) is 6.71. The molecule has 1 saturated carbocycles. The molecule has 2 heterocycles. The molecular formula is C20H20N4O2. The van der Waals surface area contributed by atoms with Gasteiger partial charge in [-0.05, 0) is 44.0 Å². The Hall–Kier alpha value is -3.02. The highest BCUT2D eigenvalue weighted by atomic mass is 16.5. The summed E-state index contributed by atoms with van der Waals surface area (Å²) in [6.45, 7) is 1.78. The number of aromatic nitrogens is 3. The summed E-state index contributed by atoms with van der Waals surface area (Å²) in [5.41, 5.74) is 2.77. The summed E-state index contributed by atoms with van der Waals surface area (Å²) in [7, 11) is 1.75. The van der Waals surface area contributed by atoms with Crippen molar-refractivity contribution < 1.29 is 9.32 Å². The Balaban J connectivity index is 1.53. The summed E-state index contributed by atoms with van der Waals surface area (Å²) in [5, 5.41) is 4.06. The fraction of sp³-hybridized carbons (Fsp3) is 0.300. The van der Waals surface area contributed by atoms with Gasteiger partial charge in [-0.1, -0.05) is 23.4 Å². The Bertz CT molecular complexity index is 918. The molecule has 1 aliphatic rings. The Morgan fingerprint density at radius 2 is 2.00 bits per heavy atom. The maximum Gasteiger partial charge on any atom is 0.239 e. The molecule has 0 spiro atoms. The molecule has 6 nitrogen and oxygen atoms in total. The number of benzene rings is 1. The van der Waals surface area contributed by atoms with Crippen LogP contribution in [0.5, 0.6) is 0 Å². The van der Waals surface area contributed by atoms with E-state index < -0.39 is 5.92 Å². The second-order valence-electron chi connectivity index (χ2n) is 6.65. The summed E-state index contributed by atoms with van der Waals surface area (Å²) >= 11 is 0. The number of nitrogens with zero attached hydrogens (tertiary/aromatic N) is 4. The first-order chi connectivity index (χ1) is 12.6. The van der Waals surface area contributed by atoms with E-state index in [-0.39, 0.29) is 5.91 Å². The molecule has 1 aromatic carbocycles. The zero-order valence-electron chi connectivity index (χ0n) is 14.8. The number of pyridine rings is 1. The van der Waals surface area contributed by atoms with E-state index in [4.69, 9.17) is 4.52 Å². The molecule has 0 bridgehead atoms. The third kappa shape index (κ3) is 3.22. The predicted octanol–water partition coefficient (Wildman–Crippen LogP) is 3.78. The van der Waals surface area contributed by atoms with E-state index in [1.807, 2.05) is 42.5 Å². The highest BCUT2D eigenvalue weighted by Gasteiger charge is 2.27. The van der Waals surface area contributed by atoms with Gasteiger partial charge in [0.25, 0.3) is 0 Å². The van der Waals surface area contributed by atoms with Crippen LogP contribution in [0.3, 0.4) is 0 Å². The highest BCUT2D eigenvalue weighted by Crippen LogP contribution is 2.39. The van der Waals surface area contributed by atoms with E-state index in [1.165, 1.54) is 12.8 Å². The number of carbonyl (C=O) groups is 1. The van der Waals surface area contributed by atoms with E-state index in [9.17, 15) is 4.79 Å². The number of hydrogen-bond donors (Lipinski definition) is 0. The largest absolute Gasteiger partial charge is 0.338 e. The lowest BCUT2D eigenvalue weighted by molar-refractivity contribution is -0.119. The normalized spacial score (nSPS) is 14.8. The molecule has 132 valence electrons. The van der Waals surface area contributed by atoms with Crippen molar-refractivity contribution in [2.24, 2.45) is 0 Å². The molecule has 0 saturated heterocycles. The minimum Gasteiger partial charge on any atom is -0.338 e. The van der Waals surface area contributed by atoms with Crippen LogP contribution in [0.4, 0.5) is 5.69 Å². The maximum atomic E-state index is 12.7. The van der Waals surface area contributed by atoms with Crippen LogP contribution in [-0.4, -0.2) is 28.1 Å². The fourth-order valence-electron chi connectivity index (χ4n) is 2.89. The van der Waals surface area contributed by atoms with Crippen LogP contribution in [0.15, 0.2) is 53.2 Å². The smallest absolute Gasteiger partial charge is 0.239 e. The zero-order valence-corrected chi connectivity index (χ0v) is 14.8. The minimum absolute atomic E-state index is 0.0974. The Kier molecular flexibility index (Phi) is 4.24. The lowest BCUT2D eigenvalue weighted by Crippen LogP contribution is -2.30. The summed E-state index contributed by atoms with van der Waals surface area (Å²) < 4.78 is 5.37. The Labute approximate surface area is 151 Å². The number of para-hydroxylation sites is 1. The molecule has 1 fully saturated rings. The van der Waals surface area contributed by atoms with Crippen LogP contribution in [0, 0.1) is 0 Å². The average molecular weight is 348 g/mol. The van der Waals surface area contributed by atoms with Gasteiger partial charge in [-0.15, -0.1) is 0 Å². The van der Waals surface area contributed by atoms with Gasteiger partial charge in [-0.25, -0.2) is 0 Å². The van der Waals surface area contributed by atoms with E-state index in [0.717, 1.165) is 16.9 Å². The number of amides is 1. The van der Waals surface area contributed by atoms with Crippen molar-refractivity contribution in [2.45, 2.75) is 31.6 Å². The standard InChI is InChI=1S/C20H20N4O2/c1-13(20(25)24(2)16-6-4-3-5-7-16)19-22-18(23-26-19)15-10-11-21-17(12-15)14-8-9-14/h3-7,10-14H,8-9H2,1-2H3/t13-/m0/s1. The third-order valence-corrected chi connectivity index (χ3v) is 4.69. The number of anilines is 1. The molecule has 0 radical (unpaired) electrons. The maximum absolute atomic E-state index is 12.7. The summed E-state index contributed by atoms with van der Waals surface area (Å²) in [6, 6.07) is 13.4. The van der Waals surface area contributed by atoms with Crippen molar-refractivity contribution in [1.29, 1.82) is 0 Å². The van der Waals surface area contributed by atoms with Gasteiger partial charge in [0, 0.05) is 36.1 Å². The van der Waals surface area contributed by atoms with E-state index in [2.05, 4.69) is 15.1 Å². The molecule has 2 aromatic heterocycles. The van der Waals surface area contributed by atoms with Gasteiger partial charge < -0.3 is 9.42 Å². The van der Waals surface area contributed by atoms with Gasteiger partial charge in [-0.2, -0.15) is 4.98 Å². The Morgan fingerprint density at radius 3 is 2.73 bits per heavy atom. The lowest BCUT2D eigenvalue weighted by Gasteiger charge is -2.19. The van der Waals surface area contributed by atoms with Crippen LogP contribution in [0.25, 0.3) is 11.4 Å². The monoisotopic (exact) mass is 348 g/mol. The molecule has 4 rings (SSSR count). The number of rotatable bonds is 5. The second-order valence-corrected chi connectivity index (χ2v) is 6.65. The molecular weight excluding hydrogens is 328 g/mol. The van der Waals surface area contributed by atoms with E-state index >= 15 is 0 Å². The number of hydrogen-bond acceptors (Lipinski definition) is 5. The van der Waals surface area contributed by atoms with Gasteiger partial charge in [0.15, 0.2) is 0 Å². The van der Waals surface area contributed by atoms with Gasteiger partial charge >= 0.3 is 0 Å². The first-order valence-electron chi connectivity index (χ1n) is 8.76.